The molecular weight excluding hydrogens is 412 g/mol. The van der Waals surface area contributed by atoms with Gasteiger partial charge < -0.3 is 5.73 Å². The van der Waals surface area contributed by atoms with Gasteiger partial charge in [-0.25, -0.2) is 22.7 Å². The molecule has 0 atom stereocenters. The summed E-state index contributed by atoms with van der Waals surface area (Å²) in [5.74, 6) is 0.425. The number of nitrogens with zero attached hydrogens (tertiary/aromatic N) is 4. The summed E-state index contributed by atoms with van der Waals surface area (Å²) in [6.07, 6.45) is 10.6. The zero-order chi connectivity index (χ0) is 22.0. The van der Waals surface area contributed by atoms with Crippen molar-refractivity contribution < 1.29 is 13.0 Å². The standard InChI is InChI=1S/C22H26N6O2S/c1-16-5-7-17(8-6-16)15-28-22(23)21(14-24-28)25-19-10-9-18(27-11-3-4-12-27)13-20(19)26-31(2,29)30/h5-10,13-14H,3-4,11-12,15H2,1-2H3,(H2,23,24,26)/p+1. The maximum absolute atomic E-state index is 11.9. The van der Waals surface area contributed by atoms with Crippen molar-refractivity contribution in [2.75, 3.05) is 25.1 Å². The Hall–Kier alpha value is -3.20. The molecule has 9 heteroatoms. The molecule has 0 spiro atoms. The summed E-state index contributed by atoms with van der Waals surface area (Å²) in [6.45, 7) is 4.51. The first-order valence-electron chi connectivity index (χ1n) is 10.2. The lowest BCUT2D eigenvalue weighted by atomic mass is 10.1. The van der Waals surface area contributed by atoms with E-state index in [1.807, 2.05) is 49.4 Å². The van der Waals surface area contributed by atoms with Gasteiger partial charge in [0.05, 0.1) is 30.4 Å². The predicted molar refractivity (Wildman–Crippen MR) is 123 cm³/mol. The van der Waals surface area contributed by atoms with Crippen LogP contribution in [0.15, 0.2) is 59.4 Å². The smallest absolute Gasteiger partial charge is 0.229 e. The zero-order valence-electron chi connectivity index (χ0n) is 17.7. The highest BCUT2D eigenvalue weighted by Crippen LogP contribution is 2.24. The number of hydrogen-bond donors (Lipinski definition) is 2. The molecular formula is C22H27N6O2S+. The topological polar surface area (TPSA) is 105 Å². The van der Waals surface area contributed by atoms with E-state index >= 15 is 0 Å². The summed E-state index contributed by atoms with van der Waals surface area (Å²) in [6, 6.07) is 8.17. The molecule has 2 aromatic rings. The van der Waals surface area contributed by atoms with Gasteiger partial charge in [0.2, 0.25) is 15.7 Å². The molecule has 3 N–H and O–H groups in total. The Kier molecular flexibility index (Phi) is 5.77. The van der Waals surface area contributed by atoms with E-state index in [1.54, 1.807) is 10.9 Å². The molecule has 2 heterocycles. The molecule has 0 amide bonds. The number of aliphatic imine (C=N–C) groups is 1. The molecule has 31 heavy (non-hydrogen) atoms. The van der Waals surface area contributed by atoms with Crippen LogP contribution in [-0.4, -0.2) is 53.5 Å². The Balaban J connectivity index is 1.64. The van der Waals surface area contributed by atoms with Crippen LogP contribution in [0.25, 0.3) is 0 Å². The molecule has 162 valence electrons. The van der Waals surface area contributed by atoms with Crippen LogP contribution in [0.3, 0.4) is 0 Å². The van der Waals surface area contributed by atoms with E-state index < -0.39 is 10.0 Å². The number of rotatable bonds is 5. The van der Waals surface area contributed by atoms with Crippen molar-refractivity contribution in [3.8, 4) is 0 Å². The molecule has 1 aromatic heterocycles. The van der Waals surface area contributed by atoms with E-state index in [-0.39, 0.29) is 0 Å². The van der Waals surface area contributed by atoms with Crippen LogP contribution >= 0.6 is 0 Å². The summed E-state index contributed by atoms with van der Waals surface area (Å²) in [5, 5.41) is 4.37. The van der Waals surface area contributed by atoms with E-state index in [2.05, 4.69) is 19.4 Å². The SMILES string of the molecule is Cc1ccc(Cn2ncc(/N=C3/C=CC(=[N+]4CCCC4)C=C3NS(C)(=O)=O)c2N)cc1. The van der Waals surface area contributed by atoms with Crippen molar-refractivity contribution in [2.45, 2.75) is 26.3 Å². The van der Waals surface area contributed by atoms with Crippen LogP contribution in [0.1, 0.15) is 24.0 Å². The molecule has 0 bridgehead atoms. The fourth-order valence-electron chi connectivity index (χ4n) is 3.67. The number of sulfonamides is 1. The van der Waals surface area contributed by atoms with Gasteiger partial charge in [-0.2, -0.15) is 5.10 Å². The molecule has 1 aliphatic carbocycles. The third-order valence-corrected chi connectivity index (χ3v) is 5.89. The number of benzene rings is 1. The monoisotopic (exact) mass is 439 g/mol. The number of nitrogen functional groups attached to an aromatic ring is 1. The molecule has 1 aliphatic heterocycles. The summed E-state index contributed by atoms with van der Waals surface area (Å²) in [4.78, 5) is 4.62. The average Bonchev–Trinajstić information content (AvgIpc) is 3.36. The first kappa shape index (κ1) is 21.0. The zero-order valence-corrected chi connectivity index (χ0v) is 18.6. The van der Waals surface area contributed by atoms with Crippen molar-refractivity contribution in [1.82, 2.24) is 14.5 Å². The number of allylic oxidation sites excluding steroid dienone is 3. The van der Waals surface area contributed by atoms with Gasteiger partial charge in [0, 0.05) is 25.0 Å². The number of anilines is 1. The highest BCUT2D eigenvalue weighted by atomic mass is 32.2. The largest absolute Gasteiger partial charge is 0.382 e. The summed E-state index contributed by atoms with van der Waals surface area (Å²) in [7, 11) is -3.46. The number of nitrogens with one attached hydrogen (secondary N) is 1. The molecule has 0 saturated carbocycles. The molecule has 1 aromatic carbocycles. The second-order valence-electron chi connectivity index (χ2n) is 7.94. The van der Waals surface area contributed by atoms with Crippen molar-refractivity contribution >= 4 is 33.0 Å². The van der Waals surface area contributed by atoms with E-state index in [0.717, 1.165) is 43.5 Å². The summed E-state index contributed by atoms with van der Waals surface area (Å²) < 4.78 is 30.4. The molecule has 4 rings (SSSR count). The predicted octanol–water partition coefficient (Wildman–Crippen LogP) is 2.14. The van der Waals surface area contributed by atoms with Crippen molar-refractivity contribution in [1.29, 1.82) is 0 Å². The van der Waals surface area contributed by atoms with Gasteiger partial charge in [-0.05, 0) is 18.6 Å². The Morgan fingerprint density at radius 3 is 2.58 bits per heavy atom. The van der Waals surface area contributed by atoms with Crippen molar-refractivity contribution in [3.05, 3.63) is 65.5 Å². The minimum atomic E-state index is -3.46. The highest BCUT2D eigenvalue weighted by Gasteiger charge is 2.23. The van der Waals surface area contributed by atoms with E-state index in [0.29, 0.717) is 29.5 Å². The average molecular weight is 440 g/mol. The quantitative estimate of drug-likeness (QED) is 0.550. The number of aryl methyl sites for hydroxylation is 1. The lowest BCUT2D eigenvalue weighted by molar-refractivity contribution is -0.504. The highest BCUT2D eigenvalue weighted by molar-refractivity contribution is 7.88. The lowest BCUT2D eigenvalue weighted by Crippen LogP contribution is -2.29. The molecule has 8 nitrogen and oxygen atoms in total. The van der Waals surface area contributed by atoms with Crippen LogP contribution in [0.4, 0.5) is 11.5 Å². The van der Waals surface area contributed by atoms with Crippen LogP contribution in [0.5, 0.6) is 0 Å². The minimum absolute atomic E-state index is 0.425. The van der Waals surface area contributed by atoms with Gasteiger partial charge >= 0.3 is 0 Å². The Bertz CT molecular complexity index is 1210. The third-order valence-electron chi connectivity index (χ3n) is 5.30. The Morgan fingerprint density at radius 1 is 1.19 bits per heavy atom. The normalized spacial score (nSPS) is 18.0. The van der Waals surface area contributed by atoms with E-state index in [9.17, 15) is 8.42 Å². The van der Waals surface area contributed by atoms with E-state index in [1.165, 1.54) is 5.56 Å². The summed E-state index contributed by atoms with van der Waals surface area (Å²) in [5.41, 5.74) is 11.0. The maximum atomic E-state index is 11.9. The first-order valence-corrected chi connectivity index (χ1v) is 12.1. The lowest BCUT2D eigenvalue weighted by Gasteiger charge is -2.13. The maximum Gasteiger partial charge on any atom is 0.229 e. The fraction of sp³-hybridized carbons (Fsp3) is 0.318. The van der Waals surface area contributed by atoms with Gasteiger partial charge in [-0.1, -0.05) is 29.8 Å². The summed E-state index contributed by atoms with van der Waals surface area (Å²) >= 11 is 0. The van der Waals surface area contributed by atoms with Gasteiger partial charge in [-0.3, -0.25) is 4.72 Å². The molecule has 0 unspecified atom stereocenters. The van der Waals surface area contributed by atoms with Crippen LogP contribution in [0, 0.1) is 6.92 Å². The second-order valence-corrected chi connectivity index (χ2v) is 9.69. The van der Waals surface area contributed by atoms with Gasteiger partial charge in [0.1, 0.15) is 24.6 Å². The minimum Gasteiger partial charge on any atom is -0.382 e. The van der Waals surface area contributed by atoms with Crippen molar-refractivity contribution in [3.63, 3.8) is 0 Å². The van der Waals surface area contributed by atoms with E-state index in [4.69, 9.17) is 5.73 Å². The fourth-order valence-corrected chi connectivity index (χ4v) is 4.23. The number of nitrogens with two attached hydrogens (primary N) is 1. The number of hydrogen-bond acceptors (Lipinski definition) is 5. The first-order chi connectivity index (χ1) is 14.8. The van der Waals surface area contributed by atoms with Crippen LogP contribution < -0.4 is 10.5 Å². The van der Waals surface area contributed by atoms with Gasteiger partial charge in [0.25, 0.3) is 0 Å². The Labute approximate surface area is 182 Å². The molecule has 0 radical (unpaired) electrons. The van der Waals surface area contributed by atoms with Crippen LogP contribution in [-0.2, 0) is 16.6 Å². The molecule has 2 aliphatic rings. The Morgan fingerprint density at radius 2 is 1.90 bits per heavy atom. The third kappa shape index (κ3) is 5.11. The van der Waals surface area contributed by atoms with Gasteiger partial charge in [-0.15, -0.1) is 0 Å². The second kappa shape index (κ2) is 8.50. The van der Waals surface area contributed by atoms with Crippen molar-refractivity contribution in [2.24, 2.45) is 4.99 Å². The molecule has 1 saturated heterocycles. The van der Waals surface area contributed by atoms with Gasteiger partial charge in [0.15, 0.2) is 0 Å². The number of aromatic nitrogens is 2. The van der Waals surface area contributed by atoms with Crippen LogP contribution in [0.2, 0.25) is 0 Å². The molecule has 1 fully saturated rings.